The minimum Gasteiger partial charge on any atom is -0.468 e. The lowest BCUT2D eigenvalue weighted by molar-refractivity contribution is 0.287. The summed E-state index contributed by atoms with van der Waals surface area (Å²) in [6.07, 6.45) is 5.66. The number of rotatable bonds is 11. The van der Waals surface area contributed by atoms with E-state index in [2.05, 4.69) is 65.7 Å². The van der Waals surface area contributed by atoms with Crippen LogP contribution in [0.1, 0.15) is 40.6 Å². The van der Waals surface area contributed by atoms with Gasteiger partial charge in [0.2, 0.25) is 0 Å². The third-order valence-corrected chi connectivity index (χ3v) is 6.10. The van der Waals surface area contributed by atoms with Crippen molar-refractivity contribution in [1.82, 2.24) is 20.5 Å². The number of aromatic nitrogens is 1. The Morgan fingerprint density at radius 1 is 1.10 bits per heavy atom. The molecule has 0 saturated carbocycles. The van der Waals surface area contributed by atoms with Crippen LogP contribution in [0, 0.1) is 0 Å². The first kappa shape index (κ1) is 23.0. The van der Waals surface area contributed by atoms with Crippen LogP contribution in [0.5, 0.6) is 0 Å². The zero-order valence-electron chi connectivity index (χ0n) is 18.7. The molecule has 0 aliphatic heterocycles. The van der Waals surface area contributed by atoms with Gasteiger partial charge < -0.3 is 15.1 Å². The van der Waals surface area contributed by atoms with Gasteiger partial charge >= 0.3 is 0 Å². The Kier molecular flexibility index (Phi) is 9.12. The summed E-state index contributed by atoms with van der Waals surface area (Å²) in [5.74, 6) is 1.82. The third-order valence-electron chi connectivity index (χ3n) is 4.90. The Hall–Kier alpha value is -2.64. The number of benzene rings is 1. The van der Waals surface area contributed by atoms with Crippen molar-refractivity contribution in [2.45, 2.75) is 46.3 Å². The molecule has 0 amide bonds. The van der Waals surface area contributed by atoms with E-state index >= 15 is 0 Å². The quantitative estimate of drug-likeness (QED) is 0.346. The highest BCUT2D eigenvalue weighted by atomic mass is 32.1. The van der Waals surface area contributed by atoms with Crippen LogP contribution in [-0.2, 0) is 32.5 Å². The number of hydrogen-bond donors (Lipinski definition) is 2. The maximum absolute atomic E-state index is 5.47. The van der Waals surface area contributed by atoms with Gasteiger partial charge in [0.25, 0.3) is 0 Å². The lowest BCUT2D eigenvalue weighted by Gasteiger charge is -2.17. The second-order valence-electron chi connectivity index (χ2n) is 7.47. The predicted molar refractivity (Wildman–Crippen MR) is 128 cm³/mol. The van der Waals surface area contributed by atoms with Crippen molar-refractivity contribution in [3.8, 4) is 0 Å². The molecule has 3 aromatic rings. The predicted octanol–water partition coefficient (Wildman–Crippen LogP) is 4.23. The van der Waals surface area contributed by atoms with E-state index in [-0.39, 0.29) is 0 Å². The number of thiazole rings is 1. The van der Waals surface area contributed by atoms with Gasteiger partial charge in [-0.3, -0.25) is 4.90 Å². The van der Waals surface area contributed by atoms with E-state index in [0.29, 0.717) is 6.54 Å². The second kappa shape index (κ2) is 12.3. The Bertz CT molecular complexity index is 935. The Labute approximate surface area is 189 Å². The molecule has 1 aromatic carbocycles. The molecule has 0 bridgehead atoms. The lowest BCUT2D eigenvalue weighted by Crippen LogP contribution is -2.38. The van der Waals surface area contributed by atoms with Crippen LogP contribution in [0.25, 0.3) is 0 Å². The van der Waals surface area contributed by atoms with E-state index in [1.54, 1.807) is 17.6 Å². The summed E-state index contributed by atoms with van der Waals surface area (Å²) < 4.78 is 5.47. The van der Waals surface area contributed by atoms with Gasteiger partial charge in [-0.05, 0) is 43.7 Å². The van der Waals surface area contributed by atoms with Crippen LogP contribution in [-0.4, -0.2) is 36.0 Å². The highest BCUT2D eigenvalue weighted by Crippen LogP contribution is 2.15. The molecule has 2 heterocycles. The number of nitrogens with one attached hydrogen (secondary N) is 2. The van der Waals surface area contributed by atoms with E-state index in [1.807, 2.05) is 18.3 Å². The minimum absolute atomic E-state index is 0.636. The first-order valence-electron chi connectivity index (χ1n) is 10.9. The van der Waals surface area contributed by atoms with Crippen molar-refractivity contribution in [3.05, 3.63) is 75.6 Å². The maximum Gasteiger partial charge on any atom is 0.191 e. The molecule has 166 valence electrons. The standard InChI is InChI=1S/C24H33N5OS/c1-4-22-16-27-23(31-22)12-13-26-24(25-5-2)28-15-19-9-6-7-10-20(19)17-29(3)18-21-11-8-14-30-21/h6-11,14,16H,4-5,12-13,15,17-18H2,1-3H3,(H2,25,26,28). The van der Waals surface area contributed by atoms with Gasteiger partial charge in [0.1, 0.15) is 5.76 Å². The molecule has 0 unspecified atom stereocenters. The molecule has 0 atom stereocenters. The lowest BCUT2D eigenvalue weighted by atomic mass is 10.1. The van der Waals surface area contributed by atoms with Crippen LogP contribution in [0.15, 0.2) is 58.3 Å². The Balaban J connectivity index is 1.56. The van der Waals surface area contributed by atoms with Gasteiger partial charge in [-0.2, -0.15) is 0 Å². The van der Waals surface area contributed by atoms with Gasteiger partial charge in [-0.15, -0.1) is 11.3 Å². The Morgan fingerprint density at radius 2 is 1.94 bits per heavy atom. The minimum atomic E-state index is 0.636. The molecule has 2 N–H and O–H groups in total. The smallest absolute Gasteiger partial charge is 0.191 e. The van der Waals surface area contributed by atoms with Gasteiger partial charge in [0.15, 0.2) is 5.96 Å². The van der Waals surface area contributed by atoms with E-state index < -0.39 is 0 Å². The third kappa shape index (κ3) is 7.52. The molecular weight excluding hydrogens is 406 g/mol. The summed E-state index contributed by atoms with van der Waals surface area (Å²) in [4.78, 5) is 12.9. The van der Waals surface area contributed by atoms with Crippen molar-refractivity contribution in [1.29, 1.82) is 0 Å². The molecule has 0 saturated heterocycles. The number of furan rings is 1. The summed E-state index contributed by atoms with van der Waals surface area (Å²) >= 11 is 1.79. The molecule has 0 aliphatic carbocycles. The molecule has 2 aromatic heterocycles. The first-order chi connectivity index (χ1) is 15.2. The number of aliphatic imine (C=N–C) groups is 1. The molecule has 6 nitrogen and oxygen atoms in total. The summed E-state index contributed by atoms with van der Waals surface area (Å²) in [6.45, 7) is 8.16. The number of aryl methyl sites for hydroxylation is 1. The van der Waals surface area contributed by atoms with Gasteiger partial charge in [0.05, 0.1) is 24.4 Å². The van der Waals surface area contributed by atoms with Crippen LogP contribution >= 0.6 is 11.3 Å². The number of nitrogens with zero attached hydrogens (tertiary/aromatic N) is 3. The van der Waals surface area contributed by atoms with E-state index in [9.17, 15) is 0 Å². The summed E-state index contributed by atoms with van der Waals surface area (Å²) in [5.41, 5.74) is 2.52. The fraction of sp³-hybridized carbons (Fsp3) is 0.417. The molecule has 0 aliphatic rings. The highest BCUT2D eigenvalue weighted by molar-refractivity contribution is 7.11. The van der Waals surface area contributed by atoms with Crippen LogP contribution in [0.3, 0.4) is 0 Å². The van der Waals surface area contributed by atoms with Crippen LogP contribution in [0.2, 0.25) is 0 Å². The van der Waals surface area contributed by atoms with Gasteiger partial charge in [-0.25, -0.2) is 9.98 Å². The van der Waals surface area contributed by atoms with Crippen LogP contribution in [0.4, 0.5) is 0 Å². The molecule has 0 radical (unpaired) electrons. The topological polar surface area (TPSA) is 65.7 Å². The molecule has 0 spiro atoms. The molecular formula is C24H33N5OS. The van der Waals surface area contributed by atoms with E-state index in [4.69, 9.17) is 9.41 Å². The van der Waals surface area contributed by atoms with Gasteiger partial charge in [-0.1, -0.05) is 31.2 Å². The summed E-state index contributed by atoms with van der Waals surface area (Å²) in [5, 5.41) is 7.96. The van der Waals surface area contributed by atoms with E-state index in [0.717, 1.165) is 50.7 Å². The van der Waals surface area contributed by atoms with Crippen molar-refractivity contribution in [2.24, 2.45) is 4.99 Å². The zero-order valence-corrected chi connectivity index (χ0v) is 19.5. The van der Waals surface area contributed by atoms with Crippen molar-refractivity contribution >= 4 is 17.3 Å². The van der Waals surface area contributed by atoms with Crippen molar-refractivity contribution in [3.63, 3.8) is 0 Å². The zero-order chi connectivity index (χ0) is 21.9. The largest absolute Gasteiger partial charge is 0.468 e. The summed E-state index contributed by atoms with van der Waals surface area (Å²) in [7, 11) is 2.11. The SMILES string of the molecule is CCNC(=NCc1ccccc1CN(C)Cc1ccco1)NCCc1ncc(CC)s1. The maximum atomic E-state index is 5.47. The molecule has 7 heteroatoms. The summed E-state index contributed by atoms with van der Waals surface area (Å²) in [6, 6.07) is 12.4. The molecule has 31 heavy (non-hydrogen) atoms. The Morgan fingerprint density at radius 3 is 2.65 bits per heavy atom. The van der Waals surface area contributed by atoms with Crippen LogP contribution < -0.4 is 10.6 Å². The fourth-order valence-electron chi connectivity index (χ4n) is 3.30. The highest BCUT2D eigenvalue weighted by Gasteiger charge is 2.08. The average molecular weight is 440 g/mol. The molecule has 3 rings (SSSR count). The first-order valence-corrected chi connectivity index (χ1v) is 11.7. The van der Waals surface area contributed by atoms with Crippen molar-refractivity contribution < 1.29 is 4.42 Å². The van der Waals surface area contributed by atoms with E-state index in [1.165, 1.54) is 21.0 Å². The number of hydrogen-bond acceptors (Lipinski definition) is 5. The second-order valence-corrected chi connectivity index (χ2v) is 8.67. The fourth-order valence-corrected chi connectivity index (χ4v) is 4.16. The average Bonchev–Trinajstić information content (AvgIpc) is 3.45. The monoisotopic (exact) mass is 439 g/mol. The van der Waals surface area contributed by atoms with Crippen molar-refractivity contribution in [2.75, 3.05) is 20.1 Å². The van der Waals surface area contributed by atoms with Gasteiger partial charge in [0, 0.05) is 37.1 Å². The number of guanidine groups is 1. The molecule has 0 fully saturated rings. The normalized spacial score (nSPS) is 11.8.